The van der Waals surface area contributed by atoms with Gasteiger partial charge < -0.3 is 10.6 Å². The van der Waals surface area contributed by atoms with E-state index in [2.05, 4.69) is 19.6 Å². The van der Waals surface area contributed by atoms with Gasteiger partial charge in [-0.3, -0.25) is 0 Å². The van der Waals surface area contributed by atoms with Gasteiger partial charge in [0, 0.05) is 24.2 Å². The van der Waals surface area contributed by atoms with Gasteiger partial charge in [-0.2, -0.15) is 4.37 Å². The number of aromatic nitrogens is 2. The summed E-state index contributed by atoms with van der Waals surface area (Å²) in [7, 11) is 0. The molecular weight excluding hydrogens is 276 g/mol. The summed E-state index contributed by atoms with van der Waals surface area (Å²) in [5.41, 5.74) is 8.16. The van der Waals surface area contributed by atoms with Crippen LogP contribution in [-0.2, 0) is 0 Å². The first-order valence-electron chi connectivity index (χ1n) is 6.68. The maximum Gasteiger partial charge on any atom is 0.149 e. The minimum absolute atomic E-state index is 0.624. The highest BCUT2D eigenvalue weighted by atomic mass is 32.1. The molecule has 4 nitrogen and oxygen atoms in total. The van der Waals surface area contributed by atoms with Gasteiger partial charge in [-0.1, -0.05) is 12.8 Å². The van der Waals surface area contributed by atoms with Gasteiger partial charge in [0.05, 0.1) is 5.56 Å². The topological polar surface area (TPSA) is 55.0 Å². The predicted molar refractivity (Wildman–Crippen MR) is 83.1 cm³/mol. The molecule has 1 fully saturated rings. The van der Waals surface area contributed by atoms with Crippen LogP contribution in [0, 0.1) is 6.92 Å². The smallest absolute Gasteiger partial charge is 0.149 e. The van der Waals surface area contributed by atoms with E-state index in [1.165, 1.54) is 42.2 Å². The number of hydrogen-bond acceptors (Lipinski definition) is 6. The first kappa shape index (κ1) is 12.9. The van der Waals surface area contributed by atoms with E-state index in [0.717, 1.165) is 29.4 Å². The van der Waals surface area contributed by atoms with Crippen molar-refractivity contribution in [3.63, 3.8) is 0 Å². The third-order valence-corrected chi connectivity index (χ3v) is 5.33. The maximum atomic E-state index is 6.07. The molecule has 102 valence electrons. The molecule has 6 heteroatoms. The summed E-state index contributed by atoms with van der Waals surface area (Å²) >= 11 is 3.17. The van der Waals surface area contributed by atoms with Gasteiger partial charge in [0.25, 0.3) is 0 Å². The van der Waals surface area contributed by atoms with Gasteiger partial charge in [-0.25, -0.2) is 4.98 Å². The molecule has 0 bridgehead atoms. The number of aryl methyl sites for hydroxylation is 1. The molecule has 0 atom stereocenters. The zero-order chi connectivity index (χ0) is 13.2. The molecule has 3 rings (SSSR count). The lowest BCUT2D eigenvalue weighted by atomic mass is 10.2. The molecule has 0 aromatic carbocycles. The third-order valence-electron chi connectivity index (χ3n) is 3.43. The molecule has 2 N–H and O–H groups in total. The van der Waals surface area contributed by atoms with Gasteiger partial charge in [0.2, 0.25) is 0 Å². The number of thiazole rings is 1. The van der Waals surface area contributed by atoms with Crippen LogP contribution < -0.4 is 10.6 Å². The number of anilines is 2. The summed E-state index contributed by atoms with van der Waals surface area (Å²) < 4.78 is 4.35. The number of nitrogen functional groups attached to an aromatic ring is 1. The first-order chi connectivity index (χ1) is 9.25. The number of hydrogen-bond donors (Lipinski definition) is 1. The van der Waals surface area contributed by atoms with Crippen LogP contribution in [0.1, 0.15) is 31.4 Å². The molecule has 0 aliphatic carbocycles. The Morgan fingerprint density at radius 3 is 2.58 bits per heavy atom. The van der Waals surface area contributed by atoms with E-state index < -0.39 is 0 Å². The Balaban J connectivity index is 1.97. The Kier molecular flexibility index (Phi) is 3.70. The van der Waals surface area contributed by atoms with E-state index in [1.54, 1.807) is 11.3 Å². The summed E-state index contributed by atoms with van der Waals surface area (Å²) in [6.07, 6.45) is 5.18. The van der Waals surface area contributed by atoms with E-state index in [1.807, 2.05) is 6.92 Å². The zero-order valence-corrected chi connectivity index (χ0v) is 12.7. The second kappa shape index (κ2) is 5.46. The molecule has 2 aromatic heterocycles. The van der Waals surface area contributed by atoms with E-state index in [-0.39, 0.29) is 0 Å². The Morgan fingerprint density at radius 1 is 1.21 bits per heavy atom. The van der Waals surface area contributed by atoms with E-state index in [0.29, 0.717) is 5.82 Å². The van der Waals surface area contributed by atoms with Crippen LogP contribution in [0.15, 0.2) is 5.38 Å². The maximum absolute atomic E-state index is 6.07. The molecule has 3 heterocycles. The highest BCUT2D eigenvalue weighted by Crippen LogP contribution is 2.41. The molecular formula is C13H18N4S2. The number of rotatable bonds is 2. The molecule has 0 radical (unpaired) electrons. The van der Waals surface area contributed by atoms with Crippen LogP contribution >= 0.6 is 22.9 Å². The van der Waals surface area contributed by atoms with Crippen LogP contribution in [0.4, 0.5) is 10.8 Å². The SMILES string of the molecule is Cc1csc(-c2c(N)nsc2N2CCCCCC2)n1. The summed E-state index contributed by atoms with van der Waals surface area (Å²) in [5, 5.41) is 4.27. The molecule has 1 saturated heterocycles. The molecule has 0 saturated carbocycles. The van der Waals surface area contributed by atoms with E-state index in [9.17, 15) is 0 Å². The van der Waals surface area contributed by atoms with Gasteiger partial charge in [-0.15, -0.1) is 11.3 Å². The average molecular weight is 294 g/mol. The molecule has 0 amide bonds. The van der Waals surface area contributed by atoms with Crippen molar-refractivity contribution in [2.75, 3.05) is 23.7 Å². The average Bonchev–Trinajstić information content (AvgIpc) is 2.86. The van der Waals surface area contributed by atoms with E-state index >= 15 is 0 Å². The third kappa shape index (κ3) is 2.60. The van der Waals surface area contributed by atoms with Crippen LogP contribution in [0.25, 0.3) is 10.6 Å². The van der Waals surface area contributed by atoms with Crippen molar-refractivity contribution >= 4 is 33.7 Å². The van der Waals surface area contributed by atoms with Crippen molar-refractivity contribution in [1.29, 1.82) is 0 Å². The summed E-state index contributed by atoms with van der Waals surface area (Å²) in [4.78, 5) is 7.01. The van der Waals surface area contributed by atoms with Crippen LogP contribution in [0.2, 0.25) is 0 Å². The standard InChI is InChI=1S/C13H18N4S2/c1-9-8-18-12(15-9)10-11(14)16-19-13(10)17-6-4-2-3-5-7-17/h8H,2-7H2,1H3,(H2,14,16). The fraction of sp³-hybridized carbons (Fsp3) is 0.538. The molecule has 1 aliphatic rings. The van der Waals surface area contributed by atoms with Crippen molar-refractivity contribution in [1.82, 2.24) is 9.36 Å². The van der Waals surface area contributed by atoms with Crippen molar-refractivity contribution in [3.05, 3.63) is 11.1 Å². The van der Waals surface area contributed by atoms with E-state index in [4.69, 9.17) is 5.73 Å². The number of nitrogens with zero attached hydrogens (tertiary/aromatic N) is 3. The molecule has 1 aliphatic heterocycles. The molecule has 0 spiro atoms. The Labute approximate surface area is 121 Å². The largest absolute Gasteiger partial charge is 0.382 e. The van der Waals surface area contributed by atoms with Crippen LogP contribution in [0.5, 0.6) is 0 Å². The highest BCUT2D eigenvalue weighted by Gasteiger charge is 2.22. The summed E-state index contributed by atoms with van der Waals surface area (Å²) in [6.45, 7) is 4.24. The monoisotopic (exact) mass is 294 g/mol. The Morgan fingerprint density at radius 2 is 1.95 bits per heavy atom. The Bertz CT molecular complexity index is 553. The Hall–Kier alpha value is -1.14. The molecule has 0 unspecified atom stereocenters. The summed E-state index contributed by atoms with van der Waals surface area (Å²) in [6, 6.07) is 0. The van der Waals surface area contributed by atoms with Gasteiger partial charge in [0.15, 0.2) is 0 Å². The molecule has 19 heavy (non-hydrogen) atoms. The van der Waals surface area contributed by atoms with Crippen molar-refractivity contribution in [2.45, 2.75) is 32.6 Å². The predicted octanol–water partition coefficient (Wildman–Crippen LogP) is 3.54. The van der Waals surface area contributed by atoms with Crippen LogP contribution in [0.3, 0.4) is 0 Å². The first-order valence-corrected chi connectivity index (χ1v) is 8.33. The second-order valence-corrected chi connectivity index (χ2v) is 6.55. The van der Waals surface area contributed by atoms with Crippen LogP contribution in [-0.4, -0.2) is 22.4 Å². The van der Waals surface area contributed by atoms with Gasteiger partial charge >= 0.3 is 0 Å². The molecule has 2 aromatic rings. The van der Waals surface area contributed by atoms with Crippen molar-refractivity contribution in [2.24, 2.45) is 0 Å². The van der Waals surface area contributed by atoms with Crippen molar-refractivity contribution in [3.8, 4) is 10.6 Å². The minimum atomic E-state index is 0.624. The van der Waals surface area contributed by atoms with Gasteiger partial charge in [0.1, 0.15) is 15.8 Å². The lowest BCUT2D eigenvalue weighted by Crippen LogP contribution is -2.23. The minimum Gasteiger partial charge on any atom is -0.382 e. The fourth-order valence-electron chi connectivity index (χ4n) is 2.45. The highest BCUT2D eigenvalue weighted by molar-refractivity contribution is 7.15. The van der Waals surface area contributed by atoms with Crippen molar-refractivity contribution < 1.29 is 0 Å². The summed E-state index contributed by atoms with van der Waals surface area (Å²) in [5.74, 6) is 0.624. The fourth-order valence-corrected chi connectivity index (χ4v) is 4.23. The zero-order valence-electron chi connectivity index (χ0n) is 11.1. The second-order valence-electron chi connectivity index (χ2n) is 4.94. The van der Waals surface area contributed by atoms with Gasteiger partial charge in [-0.05, 0) is 31.3 Å². The lowest BCUT2D eigenvalue weighted by molar-refractivity contribution is 0.726. The normalized spacial score (nSPS) is 16.6. The number of nitrogens with two attached hydrogens (primary N) is 1. The lowest BCUT2D eigenvalue weighted by Gasteiger charge is -2.21. The quantitative estimate of drug-likeness (QED) is 0.920.